The number of hydrogen-bond acceptors (Lipinski definition) is 3. The second kappa shape index (κ2) is 7.31. The predicted molar refractivity (Wildman–Crippen MR) is 85.3 cm³/mol. The average molecular weight is 313 g/mol. The minimum Gasteiger partial charge on any atom is -0.343 e. The number of amides is 1. The molecular weight excluding hydrogens is 293 g/mol. The number of aromatic nitrogens is 2. The largest absolute Gasteiger partial charge is 0.343 e. The number of carbonyl (C=O) groups excluding carboxylic acids is 1. The summed E-state index contributed by atoms with van der Waals surface area (Å²) in [4.78, 5) is 22.4. The molecule has 0 saturated carbocycles. The van der Waals surface area contributed by atoms with Crippen molar-refractivity contribution in [2.45, 2.75) is 31.6 Å². The summed E-state index contributed by atoms with van der Waals surface area (Å²) in [7, 11) is 0. The van der Waals surface area contributed by atoms with Gasteiger partial charge in [0.2, 0.25) is 5.91 Å². The van der Waals surface area contributed by atoms with Gasteiger partial charge < -0.3 is 4.90 Å². The Bertz CT molecular complexity index is 637. The Morgan fingerprint density at radius 1 is 1.17 bits per heavy atom. The van der Waals surface area contributed by atoms with E-state index in [4.69, 9.17) is 0 Å². The fraction of sp³-hybridized carbons (Fsp3) is 0.389. The van der Waals surface area contributed by atoms with Crippen LogP contribution in [0, 0.1) is 5.82 Å². The van der Waals surface area contributed by atoms with Gasteiger partial charge in [0.15, 0.2) is 0 Å². The van der Waals surface area contributed by atoms with Crippen molar-refractivity contribution in [2.24, 2.45) is 0 Å². The Hall–Kier alpha value is -2.30. The van der Waals surface area contributed by atoms with Crippen molar-refractivity contribution in [1.82, 2.24) is 14.9 Å². The van der Waals surface area contributed by atoms with Gasteiger partial charge in [0.25, 0.3) is 0 Å². The summed E-state index contributed by atoms with van der Waals surface area (Å²) in [5.41, 5.74) is 2.06. The molecule has 0 N–H and O–H groups in total. The lowest BCUT2D eigenvalue weighted by molar-refractivity contribution is -0.132. The van der Waals surface area contributed by atoms with E-state index in [1.165, 1.54) is 12.3 Å². The molecule has 4 nitrogen and oxygen atoms in total. The molecule has 0 radical (unpaired) electrons. The number of piperidine rings is 1. The van der Waals surface area contributed by atoms with Crippen LogP contribution in [0.5, 0.6) is 0 Å². The number of likely N-dealkylation sites (tertiary alicyclic amines) is 1. The van der Waals surface area contributed by atoms with Gasteiger partial charge in [-0.2, -0.15) is 0 Å². The first-order chi connectivity index (χ1) is 11.2. The Labute approximate surface area is 135 Å². The number of nitrogens with zero attached hydrogens (tertiary/aromatic N) is 3. The van der Waals surface area contributed by atoms with Crippen molar-refractivity contribution in [1.29, 1.82) is 0 Å². The van der Waals surface area contributed by atoms with Crippen LogP contribution in [0.15, 0.2) is 42.9 Å². The molecule has 0 aliphatic carbocycles. The van der Waals surface area contributed by atoms with Gasteiger partial charge in [0, 0.05) is 43.5 Å². The van der Waals surface area contributed by atoms with Crippen LogP contribution in [0.2, 0.25) is 0 Å². The van der Waals surface area contributed by atoms with Gasteiger partial charge in [0.05, 0.1) is 6.20 Å². The van der Waals surface area contributed by atoms with Gasteiger partial charge >= 0.3 is 0 Å². The van der Waals surface area contributed by atoms with Crippen molar-refractivity contribution in [2.75, 3.05) is 13.1 Å². The Balaban J connectivity index is 1.48. The van der Waals surface area contributed by atoms with Gasteiger partial charge in [-0.15, -0.1) is 0 Å². The van der Waals surface area contributed by atoms with E-state index in [2.05, 4.69) is 9.97 Å². The highest BCUT2D eigenvalue weighted by Gasteiger charge is 2.24. The third-order valence-electron chi connectivity index (χ3n) is 4.39. The highest BCUT2D eigenvalue weighted by atomic mass is 19.1. The molecule has 0 bridgehead atoms. The smallest absolute Gasteiger partial charge is 0.222 e. The fourth-order valence-corrected chi connectivity index (χ4v) is 3.01. The quantitative estimate of drug-likeness (QED) is 0.872. The Morgan fingerprint density at radius 3 is 2.57 bits per heavy atom. The van der Waals surface area contributed by atoms with Gasteiger partial charge in [-0.3, -0.25) is 14.8 Å². The molecule has 5 heteroatoms. The first-order valence-corrected chi connectivity index (χ1v) is 8.00. The third kappa shape index (κ3) is 4.12. The minimum absolute atomic E-state index is 0.201. The standard InChI is InChI=1S/C18H20FN3O/c19-16-2-3-17(21-13-16)15-7-11-22(12-8-15)18(23)4-1-14-5-9-20-10-6-14/h2-3,5-6,9-10,13,15H,1,4,7-8,11-12H2. The van der Waals surface area contributed by atoms with Crippen LogP contribution in [-0.4, -0.2) is 33.9 Å². The minimum atomic E-state index is -0.308. The van der Waals surface area contributed by atoms with Crippen LogP contribution in [0.3, 0.4) is 0 Å². The van der Waals surface area contributed by atoms with Gasteiger partial charge in [-0.1, -0.05) is 0 Å². The maximum atomic E-state index is 12.9. The lowest BCUT2D eigenvalue weighted by Crippen LogP contribution is -2.38. The molecule has 0 atom stereocenters. The van der Waals surface area contributed by atoms with E-state index in [1.807, 2.05) is 17.0 Å². The molecule has 2 aromatic rings. The van der Waals surface area contributed by atoms with Crippen molar-refractivity contribution < 1.29 is 9.18 Å². The number of hydrogen-bond donors (Lipinski definition) is 0. The Morgan fingerprint density at radius 2 is 1.91 bits per heavy atom. The predicted octanol–water partition coefficient (Wildman–Crippen LogP) is 2.95. The zero-order valence-electron chi connectivity index (χ0n) is 13.0. The molecule has 2 aromatic heterocycles. The molecular formula is C18H20FN3O. The van der Waals surface area contributed by atoms with Crippen LogP contribution in [0.4, 0.5) is 4.39 Å². The summed E-state index contributed by atoms with van der Waals surface area (Å²) in [5, 5.41) is 0. The number of aryl methyl sites for hydroxylation is 1. The van der Waals surface area contributed by atoms with Gasteiger partial charge in [-0.25, -0.2) is 4.39 Å². The molecule has 3 rings (SSSR count). The molecule has 1 fully saturated rings. The zero-order valence-corrected chi connectivity index (χ0v) is 13.0. The number of pyridine rings is 2. The molecule has 0 unspecified atom stereocenters. The average Bonchev–Trinajstić information content (AvgIpc) is 2.61. The lowest BCUT2D eigenvalue weighted by atomic mass is 9.93. The lowest BCUT2D eigenvalue weighted by Gasteiger charge is -2.31. The summed E-state index contributed by atoms with van der Waals surface area (Å²) < 4.78 is 12.9. The molecule has 0 aromatic carbocycles. The van der Waals surface area contributed by atoms with Crippen molar-refractivity contribution in [3.8, 4) is 0 Å². The number of halogens is 1. The second-order valence-electron chi connectivity index (χ2n) is 5.91. The maximum absolute atomic E-state index is 12.9. The molecule has 120 valence electrons. The topological polar surface area (TPSA) is 46.1 Å². The van der Waals surface area contributed by atoms with Crippen LogP contribution in [0.1, 0.15) is 36.4 Å². The van der Waals surface area contributed by atoms with E-state index in [-0.39, 0.29) is 11.7 Å². The fourth-order valence-electron chi connectivity index (χ4n) is 3.01. The van der Waals surface area contributed by atoms with E-state index in [9.17, 15) is 9.18 Å². The molecule has 3 heterocycles. The molecule has 1 saturated heterocycles. The third-order valence-corrected chi connectivity index (χ3v) is 4.39. The molecule has 23 heavy (non-hydrogen) atoms. The van der Waals surface area contributed by atoms with E-state index in [0.717, 1.165) is 43.6 Å². The summed E-state index contributed by atoms with van der Waals surface area (Å²) >= 11 is 0. The summed E-state index contributed by atoms with van der Waals surface area (Å²) in [6.45, 7) is 1.50. The second-order valence-corrected chi connectivity index (χ2v) is 5.91. The molecule has 1 aliphatic rings. The van der Waals surface area contributed by atoms with Gasteiger partial charge in [0.1, 0.15) is 5.82 Å². The van der Waals surface area contributed by atoms with Gasteiger partial charge in [-0.05, 0) is 49.1 Å². The summed E-state index contributed by atoms with van der Waals surface area (Å²) in [5.74, 6) is 0.213. The van der Waals surface area contributed by atoms with E-state index in [1.54, 1.807) is 18.5 Å². The normalized spacial score (nSPS) is 15.6. The van der Waals surface area contributed by atoms with Crippen LogP contribution in [-0.2, 0) is 11.2 Å². The van der Waals surface area contributed by atoms with Crippen LogP contribution in [0.25, 0.3) is 0 Å². The van der Waals surface area contributed by atoms with E-state index in [0.29, 0.717) is 12.3 Å². The van der Waals surface area contributed by atoms with Crippen molar-refractivity contribution in [3.05, 3.63) is 59.9 Å². The molecule has 0 spiro atoms. The Kier molecular flexibility index (Phi) is 4.95. The number of rotatable bonds is 4. The SMILES string of the molecule is O=C(CCc1ccncc1)N1CCC(c2ccc(F)cn2)CC1. The van der Waals surface area contributed by atoms with E-state index >= 15 is 0 Å². The van der Waals surface area contributed by atoms with E-state index < -0.39 is 0 Å². The highest BCUT2D eigenvalue weighted by molar-refractivity contribution is 5.76. The van der Waals surface area contributed by atoms with Crippen molar-refractivity contribution in [3.63, 3.8) is 0 Å². The van der Waals surface area contributed by atoms with Crippen LogP contribution < -0.4 is 0 Å². The first-order valence-electron chi connectivity index (χ1n) is 8.00. The summed E-state index contributed by atoms with van der Waals surface area (Å²) in [6, 6.07) is 7.09. The summed E-state index contributed by atoms with van der Waals surface area (Å²) in [6.07, 6.45) is 7.83. The molecule has 1 aliphatic heterocycles. The first kappa shape index (κ1) is 15.6. The van der Waals surface area contributed by atoms with Crippen LogP contribution >= 0.6 is 0 Å². The van der Waals surface area contributed by atoms with Crippen molar-refractivity contribution >= 4 is 5.91 Å². The highest BCUT2D eigenvalue weighted by Crippen LogP contribution is 2.27. The monoisotopic (exact) mass is 313 g/mol. The zero-order chi connectivity index (χ0) is 16.1. The number of carbonyl (C=O) groups is 1. The maximum Gasteiger partial charge on any atom is 0.222 e. The molecule has 1 amide bonds.